The molecule has 3 aliphatic rings. The molecular weight excluding hydrogens is 448 g/mol. The Bertz CT molecular complexity index is 914. The van der Waals surface area contributed by atoms with Crippen LogP contribution in [0.3, 0.4) is 0 Å². The highest BCUT2D eigenvalue weighted by atomic mass is 35.5. The standard InChI is InChI=1S/C24H33ClN2O6/c1-23(2,20-15-33-10-7-27(20)22(29)30)13-17-12-18(25)11-16-3-6-26(14-19(16)17)21(28)24(31)4-8-32-9-5-24/h11-12,20,31H,3-10,13-15H2,1-2H3,(H,29,30)/t20-/m0/s1. The average molecular weight is 481 g/mol. The number of nitrogens with zero attached hydrogens (tertiary/aromatic N) is 2. The molecule has 0 aliphatic carbocycles. The Morgan fingerprint density at radius 2 is 1.91 bits per heavy atom. The molecule has 1 aromatic rings. The van der Waals surface area contributed by atoms with Crippen molar-refractivity contribution in [1.82, 2.24) is 9.80 Å². The second-order valence-electron chi connectivity index (χ2n) is 10.1. The first-order chi connectivity index (χ1) is 15.6. The van der Waals surface area contributed by atoms with Crippen molar-refractivity contribution in [2.45, 2.75) is 57.7 Å². The van der Waals surface area contributed by atoms with Gasteiger partial charge in [-0.25, -0.2) is 4.79 Å². The summed E-state index contributed by atoms with van der Waals surface area (Å²) in [6, 6.07) is 3.59. The van der Waals surface area contributed by atoms with Crippen LogP contribution in [-0.2, 0) is 33.7 Å². The van der Waals surface area contributed by atoms with E-state index in [0.29, 0.717) is 76.8 Å². The molecule has 2 amide bonds. The van der Waals surface area contributed by atoms with Crippen molar-refractivity contribution in [2.75, 3.05) is 39.5 Å². The number of morpholine rings is 1. The van der Waals surface area contributed by atoms with Crippen molar-refractivity contribution >= 4 is 23.6 Å². The van der Waals surface area contributed by atoms with Gasteiger partial charge >= 0.3 is 6.09 Å². The number of rotatable bonds is 4. The number of benzene rings is 1. The minimum Gasteiger partial charge on any atom is -0.465 e. The number of hydrogen-bond donors (Lipinski definition) is 2. The van der Waals surface area contributed by atoms with Gasteiger partial charge in [-0.05, 0) is 47.1 Å². The van der Waals surface area contributed by atoms with Gasteiger partial charge in [0.1, 0.15) is 5.60 Å². The number of hydrogen-bond acceptors (Lipinski definition) is 5. The zero-order valence-electron chi connectivity index (χ0n) is 19.3. The van der Waals surface area contributed by atoms with Gasteiger partial charge < -0.3 is 29.5 Å². The smallest absolute Gasteiger partial charge is 0.407 e. The van der Waals surface area contributed by atoms with E-state index in [4.69, 9.17) is 21.1 Å². The molecule has 0 spiro atoms. The first-order valence-electron chi connectivity index (χ1n) is 11.6. The third-order valence-electron chi connectivity index (χ3n) is 7.33. The summed E-state index contributed by atoms with van der Waals surface area (Å²) < 4.78 is 11.0. The Morgan fingerprint density at radius 1 is 1.18 bits per heavy atom. The fraction of sp³-hybridized carbons (Fsp3) is 0.667. The van der Waals surface area contributed by atoms with Crippen LogP contribution < -0.4 is 0 Å². The summed E-state index contributed by atoms with van der Waals surface area (Å²) >= 11 is 6.45. The molecule has 4 rings (SSSR count). The van der Waals surface area contributed by atoms with Gasteiger partial charge in [0.15, 0.2) is 0 Å². The van der Waals surface area contributed by atoms with Crippen LogP contribution in [0.5, 0.6) is 0 Å². The van der Waals surface area contributed by atoms with E-state index in [-0.39, 0.29) is 11.9 Å². The fourth-order valence-corrected chi connectivity index (χ4v) is 5.61. The summed E-state index contributed by atoms with van der Waals surface area (Å²) in [5, 5.41) is 21.3. The molecule has 0 unspecified atom stereocenters. The number of ether oxygens (including phenoxy) is 2. The van der Waals surface area contributed by atoms with Crippen LogP contribution in [-0.4, -0.2) is 83.2 Å². The molecular formula is C24H33ClN2O6. The third-order valence-corrected chi connectivity index (χ3v) is 7.55. The molecule has 2 saturated heterocycles. The molecule has 0 radical (unpaired) electrons. The van der Waals surface area contributed by atoms with E-state index in [0.717, 1.165) is 16.7 Å². The number of carbonyl (C=O) groups excluding carboxylic acids is 1. The van der Waals surface area contributed by atoms with Gasteiger partial charge in [0.25, 0.3) is 5.91 Å². The van der Waals surface area contributed by atoms with Crippen molar-refractivity contribution in [2.24, 2.45) is 5.41 Å². The van der Waals surface area contributed by atoms with Gasteiger partial charge in [-0.2, -0.15) is 0 Å². The number of carbonyl (C=O) groups is 2. The van der Waals surface area contributed by atoms with Gasteiger partial charge in [-0.1, -0.05) is 25.4 Å². The maximum Gasteiger partial charge on any atom is 0.407 e. The molecule has 1 atom stereocenters. The number of fused-ring (bicyclic) bond motifs is 1. The lowest BCUT2D eigenvalue weighted by Crippen LogP contribution is -2.55. The van der Waals surface area contributed by atoms with Crippen LogP contribution in [0.4, 0.5) is 4.79 Å². The average Bonchev–Trinajstić information content (AvgIpc) is 2.78. The van der Waals surface area contributed by atoms with Crippen molar-refractivity contribution in [1.29, 1.82) is 0 Å². The zero-order chi connectivity index (χ0) is 23.8. The van der Waals surface area contributed by atoms with Crippen LogP contribution in [0.15, 0.2) is 12.1 Å². The molecule has 0 aromatic heterocycles. The second-order valence-corrected chi connectivity index (χ2v) is 10.5. The molecule has 8 nitrogen and oxygen atoms in total. The van der Waals surface area contributed by atoms with Crippen LogP contribution in [0.1, 0.15) is 43.4 Å². The molecule has 33 heavy (non-hydrogen) atoms. The fourth-order valence-electron chi connectivity index (χ4n) is 5.34. The molecule has 182 valence electrons. The second kappa shape index (κ2) is 9.41. The van der Waals surface area contributed by atoms with E-state index in [2.05, 4.69) is 0 Å². The SMILES string of the molecule is CC(C)(Cc1cc(Cl)cc2c1CN(C(=O)C1(O)CCOCC1)CC2)[C@@H]1COCCN1C(=O)O. The van der Waals surface area contributed by atoms with Gasteiger partial charge in [-0.15, -0.1) is 0 Å². The highest BCUT2D eigenvalue weighted by molar-refractivity contribution is 6.30. The molecule has 9 heteroatoms. The summed E-state index contributed by atoms with van der Waals surface area (Å²) in [6.07, 6.45) is 0.930. The maximum absolute atomic E-state index is 13.2. The first-order valence-corrected chi connectivity index (χ1v) is 12.0. The van der Waals surface area contributed by atoms with Crippen LogP contribution in [0, 0.1) is 5.41 Å². The molecule has 1 aromatic carbocycles. The lowest BCUT2D eigenvalue weighted by Gasteiger charge is -2.44. The lowest BCUT2D eigenvalue weighted by molar-refractivity contribution is -0.161. The number of amides is 2. The normalized spacial score (nSPS) is 23.2. The van der Waals surface area contributed by atoms with Gasteiger partial charge in [0.05, 0.1) is 19.3 Å². The highest BCUT2D eigenvalue weighted by Gasteiger charge is 2.43. The van der Waals surface area contributed by atoms with Crippen molar-refractivity contribution in [3.8, 4) is 0 Å². The van der Waals surface area contributed by atoms with Gasteiger partial charge in [0.2, 0.25) is 0 Å². The molecule has 3 aliphatic heterocycles. The predicted octanol–water partition coefficient (Wildman–Crippen LogP) is 2.71. The Labute approximate surface area is 199 Å². The van der Waals surface area contributed by atoms with Crippen molar-refractivity contribution < 1.29 is 29.3 Å². The zero-order valence-corrected chi connectivity index (χ0v) is 20.1. The van der Waals surface area contributed by atoms with Crippen molar-refractivity contribution in [3.63, 3.8) is 0 Å². The Balaban J connectivity index is 1.59. The largest absolute Gasteiger partial charge is 0.465 e. The van der Waals surface area contributed by atoms with E-state index in [1.807, 2.05) is 26.0 Å². The third kappa shape index (κ3) is 4.99. The number of aliphatic hydroxyl groups is 1. The summed E-state index contributed by atoms with van der Waals surface area (Å²) in [5.41, 5.74) is 1.37. The lowest BCUT2D eigenvalue weighted by atomic mass is 9.76. The van der Waals surface area contributed by atoms with E-state index in [1.165, 1.54) is 4.90 Å². The molecule has 0 saturated carbocycles. The van der Waals surface area contributed by atoms with E-state index < -0.39 is 17.1 Å². The highest BCUT2D eigenvalue weighted by Crippen LogP contribution is 2.37. The minimum atomic E-state index is -1.37. The molecule has 2 fully saturated rings. The topological polar surface area (TPSA) is 99.5 Å². The first kappa shape index (κ1) is 24.3. The molecule has 0 bridgehead atoms. The maximum atomic E-state index is 13.2. The van der Waals surface area contributed by atoms with Crippen LogP contribution in [0.25, 0.3) is 0 Å². The number of halogens is 1. The van der Waals surface area contributed by atoms with Crippen LogP contribution >= 0.6 is 11.6 Å². The molecule has 3 heterocycles. The Kier molecular flexibility index (Phi) is 6.92. The monoisotopic (exact) mass is 480 g/mol. The van der Waals surface area contributed by atoms with E-state index in [1.54, 1.807) is 4.90 Å². The van der Waals surface area contributed by atoms with E-state index in [9.17, 15) is 19.8 Å². The number of carboxylic acid groups (broad SMARTS) is 1. The summed E-state index contributed by atoms with van der Waals surface area (Å²) in [7, 11) is 0. The minimum absolute atomic E-state index is 0.241. The van der Waals surface area contributed by atoms with Crippen molar-refractivity contribution in [3.05, 3.63) is 33.8 Å². The predicted molar refractivity (Wildman–Crippen MR) is 122 cm³/mol. The van der Waals surface area contributed by atoms with E-state index >= 15 is 0 Å². The van der Waals surface area contributed by atoms with Crippen LogP contribution in [0.2, 0.25) is 5.02 Å². The van der Waals surface area contributed by atoms with Gasteiger partial charge in [0, 0.05) is 50.7 Å². The summed E-state index contributed by atoms with van der Waals surface area (Å²) in [5.74, 6) is -0.241. The summed E-state index contributed by atoms with van der Waals surface area (Å²) in [6.45, 7) is 6.89. The quantitative estimate of drug-likeness (QED) is 0.687. The Morgan fingerprint density at radius 3 is 2.61 bits per heavy atom. The Hall–Kier alpha value is -1.87. The molecule has 2 N–H and O–H groups in total. The summed E-state index contributed by atoms with van der Waals surface area (Å²) in [4.78, 5) is 28.3. The van der Waals surface area contributed by atoms with Gasteiger partial charge in [-0.3, -0.25) is 4.79 Å².